The molecule has 0 aliphatic heterocycles. The molecule has 1 heterocycles. The van der Waals surface area contributed by atoms with Crippen molar-refractivity contribution in [2.24, 2.45) is 4.99 Å². The summed E-state index contributed by atoms with van der Waals surface area (Å²) in [6.45, 7) is 2.92. The van der Waals surface area contributed by atoms with Crippen LogP contribution in [-0.4, -0.2) is 24.5 Å². The van der Waals surface area contributed by atoms with Crippen LogP contribution in [0.15, 0.2) is 28.6 Å². The lowest BCUT2D eigenvalue weighted by molar-refractivity contribution is 0.604. The predicted octanol–water partition coefficient (Wildman–Crippen LogP) is 2.99. The molecule has 5 nitrogen and oxygen atoms in total. The molecule has 0 fully saturated rings. The normalized spacial score (nSPS) is 10.7. The minimum atomic E-state index is -0.343. The van der Waals surface area contributed by atoms with Crippen LogP contribution in [0, 0.1) is 24.1 Å². The monoisotopic (exact) mass is 459 g/mol. The molecule has 128 valence electrons. The van der Waals surface area contributed by atoms with Crippen molar-refractivity contribution in [1.82, 2.24) is 15.6 Å². The van der Waals surface area contributed by atoms with E-state index >= 15 is 0 Å². The number of aliphatic imine (C=N–C) groups is 1. The van der Waals surface area contributed by atoms with Crippen LogP contribution < -0.4 is 10.6 Å². The Morgan fingerprint density at radius 3 is 2.83 bits per heavy atom. The molecule has 0 aliphatic carbocycles. The first-order valence-electron chi connectivity index (χ1n) is 7.16. The van der Waals surface area contributed by atoms with Gasteiger partial charge in [0.1, 0.15) is 5.82 Å². The van der Waals surface area contributed by atoms with Crippen LogP contribution in [0.1, 0.15) is 21.8 Å². The average molecular weight is 459 g/mol. The highest BCUT2D eigenvalue weighted by molar-refractivity contribution is 14.0. The van der Waals surface area contributed by atoms with Crippen molar-refractivity contribution in [2.45, 2.75) is 19.9 Å². The van der Waals surface area contributed by atoms with E-state index in [2.05, 4.69) is 20.6 Å². The Bertz CT molecular complexity index is 738. The maximum absolute atomic E-state index is 13.7. The van der Waals surface area contributed by atoms with Gasteiger partial charge in [0.05, 0.1) is 22.3 Å². The fourth-order valence-corrected chi connectivity index (χ4v) is 2.66. The highest BCUT2D eigenvalue weighted by Crippen LogP contribution is 2.10. The van der Waals surface area contributed by atoms with Crippen LogP contribution >= 0.6 is 35.3 Å². The summed E-state index contributed by atoms with van der Waals surface area (Å²) >= 11 is 1.63. The molecule has 2 rings (SSSR count). The van der Waals surface area contributed by atoms with Crippen LogP contribution in [0.25, 0.3) is 0 Å². The van der Waals surface area contributed by atoms with Gasteiger partial charge in [0.25, 0.3) is 0 Å². The molecule has 0 amide bonds. The van der Waals surface area contributed by atoms with E-state index in [1.165, 1.54) is 18.2 Å². The molecule has 2 aromatic rings. The minimum absolute atomic E-state index is 0. The third-order valence-corrected chi connectivity index (χ3v) is 4.01. The summed E-state index contributed by atoms with van der Waals surface area (Å²) in [5.41, 5.74) is 1.91. The molecule has 0 atom stereocenters. The number of nitrogens with one attached hydrogen (secondary N) is 2. The van der Waals surface area contributed by atoms with Crippen molar-refractivity contribution in [1.29, 1.82) is 5.26 Å². The molecule has 2 N–H and O–H groups in total. The Hall–Kier alpha value is -1.73. The summed E-state index contributed by atoms with van der Waals surface area (Å²) < 4.78 is 13.7. The number of guanidine groups is 1. The van der Waals surface area contributed by atoms with E-state index in [1.54, 1.807) is 18.4 Å². The number of thiazole rings is 1. The van der Waals surface area contributed by atoms with E-state index in [0.29, 0.717) is 23.6 Å². The highest BCUT2D eigenvalue weighted by atomic mass is 127. The van der Waals surface area contributed by atoms with Crippen LogP contribution in [0.2, 0.25) is 0 Å². The van der Waals surface area contributed by atoms with Gasteiger partial charge in [-0.3, -0.25) is 4.99 Å². The number of hydrogen-bond acceptors (Lipinski definition) is 4. The van der Waals surface area contributed by atoms with Crippen molar-refractivity contribution in [3.63, 3.8) is 0 Å². The Balaban J connectivity index is 0.00000288. The molecular formula is C16H19FIN5S. The van der Waals surface area contributed by atoms with Gasteiger partial charge < -0.3 is 10.6 Å². The summed E-state index contributed by atoms with van der Waals surface area (Å²) in [7, 11) is 1.66. The lowest BCUT2D eigenvalue weighted by atomic mass is 10.1. The zero-order chi connectivity index (χ0) is 16.7. The predicted molar refractivity (Wildman–Crippen MR) is 105 cm³/mol. The van der Waals surface area contributed by atoms with Crippen molar-refractivity contribution in [2.75, 3.05) is 13.6 Å². The lowest BCUT2D eigenvalue weighted by Gasteiger charge is -2.12. The molecule has 8 heteroatoms. The minimum Gasteiger partial charge on any atom is -0.356 e. The van der Waals surface area contributed by atoms with E-state index in [1.807, 2.05) is 18.4 Å². The van der Waals surface area contributed by atoms with E-state index < -0.39 is 0 Å². The molecule has 0 spiro atoms. The van der Waals surface area contributed by atoms with Gasteiger partial charge in [-0.25, -0.2) is 9.37 Å². The quantitative estimate of drug-likeness (QED) is 0.410. The second-order valence-corrected chi connectivity index (χ2v) is 5.94. The zero-order valence-corrected chi connectivity index (χ0v) is 16.6. The van der Waals surface area contributed by atoms with Gasteiger partial charge in [0.2, 0.25) is 0 Å². The van der Waals surface area contributed by atoms with Gasteiger partial charge in [-0.1, -0.05) is 0 Å². The Morgan fingerprint density at radius 2 is 2.21 bits per heavy atom. The van der Waals surface area contributed by atoms with Crippen LogP contribution in [0.3, 0.4) is 0 Å². The molecule has 0 unspecified atom stereocenters. The molecule has 0 saturated heterocycles. The molecule has 0 bridgehead atoms. The number of benzene rings is 1. The molecule has 0 saturated carbocycles. The third kappa shape index (κ3) is 6.05. The Morgan fingerprint density at radius 1 is 1.42 bits per heavy atom. The number of nitrogens with zero attached hydrogens (tertiary/aromatic N) is 3. The molecular weight excluding hydrogens is 440 g/mol. The van der Waals surface area contributed by atoms with Crippen LogP contribution in [0.5, 0.6) is 0 Å². The van der Waals surface area contributed by atoms with Gasteiger partial charge in [-0.2, -0.15) is 5.26 Å². The van der Waals surface area contributed by atoms with E-state index in [0.717, 1.165) is 17.1 Å². The highest BCUT2D eigenvalue weighted by Gasteiger charge is 2.05. The smallest absolute Gasteiger partial charge is 0.191 e. The number of nitriles is 1. The molecule has 1 aromatic heterocycles. The lowest BCUT2D eigenvalue weighted by Crippen LogP contribution is -2.38. The van der Waals surface area contributed by atoms with Gasteiger partial charge in [0, 0.05) is 37.5 Å². The van der Waals surface area contributed by atoms with Crippen molar-refractivity contribution >= 4 is 41.3 Å². The first-order chi connectivity index (χ1) is 11.1. The van der Waals surface area contributed by atoms with Gasteiger partial charge in [0.15, 0.2) is 5.96 Å². The fourth-order valence-electron chi connectivity index (χ4n) is 2.01. The second kappa shape index (κ2) is 10.2. The Kier molecular flexibility index (Phi) is 8.63. The molecule has 24 heavy (non-hydrogen) atoms. The van der Waals surface area contributed by atoms with Crippen LogP contribution in [0.4, 0.5) is 4.39 Å². The standard InChI is InChI=1S/C16H18FN5S.HI/c1-11-22-14(10-23-11)5-6-20-16(19-2)21-9-13-7-12(8-18)3-4-15(13)17;/h3-4,7,10H,5-6,9H2,1-2H3,(H2,19,20,21);1H. The second-order valence-electron chi connectivity index (χ2n) is 4.88. The number of hydrogen-bond donors (Lipinski definition) is 2. The Labute approximate surface area is 162 Å². The zero-order valence-electron chi connectivity index (χ0n) is 13.5. The molecule has 0 aliphatic rings. The maximum Gasteiger partial charge on any atom is 0.191 e. The summed E-state index contributed by atoms with van der Waals surface area (Å²) in [5.74, 6) is 0.239. The first kappa shape index (κ1) is 20.3. The largest absolute Gasteiger partial charge is 0.356 e. The maximum atomic E-state index is 13.7. The summed E-state index contributed by atoms with van der Waals surface area (Å²) in [5, 5.41) is 18.2. The average Bonchev–Trinajstić information content (AvgIpc) is 2.97. The number of rotatable bonds is 5. The van der Waals surface area contributed by atoms with Crippen molar-refractivity contribution < 1.29 is 4.39 Å². The van der Waals surface area contributed by atoms with Crippen LogP contribution in [-0.2, 0) is 13.0 Å². The van der Waals surface area contributed by atoms with Crippen molar-refractivity contribution in [3.8, 4) is 6.07 Å². The summed E-state index contributed by atoms with van der Waals surface area (Å²) in [4.78, 5) is 8.50. The van der Waals surface area contributed by atoms with Gasteiger partial charge >= 0.3 is 0 Å². The SMILES string of the molecule is CN=C(NCCc1csc(C)n1)NCc1cc(C#N)ccc1F.I. The summed E-state index contributed by atoms with van der Waals surface area (Å²) in [6, 6.07) is 6.30. The number of halogens is 2. The van der Waals surface area contributed by atoms with E-state index in [4.69, 9.17) is 5.26 Å². The summed E-state index contributed by atoms with van der Waals surface area (Å²) in [6.07, 6.45) is 0.795. The molecule has 0 radical (unpaired) electrons. The third-order valence-electron chi connectivity index (χ3n) is 3.18. The molecule has 1 aromatic carbocycles. The topological polar surface area (TPSA) is 73.1 Å². The number of aryl methyl sites for hydroxylation is 1. The van der Waals surface area contributed by atoms with Gasteiger partial charge in [-0.05, 0) is 25.1 Å². The fraction of sp³-hybridized carbons (Fsp3) is 0.312. The van der Waals surface area contributed by atoms with Crippen molar-refractivity contribution in [3.05, 3.63) is 51.2 Å². The van der Waals surface area contributed by atoms with E-state index in [-0.39, 0.29) is 36.3 Å². The first-order valence-corrected chi connectivity index (χ1v) is 8.04. The number of aromatic nitrogens is 1. The van der Waals surface area contributed by atoms with E-state index in [9.17, 15) is 4.39 Å². The van der Waals surface area contributed by atoms with Gasteiger partial charge in [-0.15, -0.1) is 35.3 Å².